The second-order valence-corrected chi connectivity index (χ2v) is 10.1. The highest BCUT2D eigenvalue weighted by molar-refractivity contribution is 7.91. The molecule has 8 nitrogen and oxygen atoms in total. The molecule has 4 rings (SSSR count). The number of carbonyl (C=O) groups excluding carboxylic acids is 1. The van der Waals surface area contributed by atoms with Gasteiger partial charge in [-0.15, -0.1) is 0 Å². The summed E-state index contributed by atoms with van der Waals surface area (Å²) < 4.78 is 32.5. The molecule has 1 saturated heterocycles. The van der Waals surface area contributed by atoms with Gasteiger partial charge in [0.25, 0.3) is 15.9 Å². The van der Waals surface area contributed by atoms with E-state index >= 15 is 0 Å². The van der Waals surface area contributed by atoms with Crippen molar-refractivity contribution >= 4 is 38.0 Å². The van der Waals surface area contributed by atoms with E-state index < -0.39 is 14.9 Å². The Kier molecular flexibility index (Phi) is 5.63. The Morgan fingerprint density at radius 3 is 2.47 bits per heavy atom. The van der Waals surface area contributed by atoms with Crippen LogP contribution in [0.15, 0.2) is 51.5 Å². The molecule has 3 aromatic rings. The molecule has 1 aromatic heterocycles. The Morgan fingerprint density at radius 1 is 1.10 bits per heavy atom. The molecule has 30 heavy (non-hydrogen) atoms. The zero-order valence-corrected chi connectivity index (χ0v) is 18.0. The van der Waals surface area contributed by atoms with Crippen LogP contribution in [0.2, 0.25) is 0 Å². The topological polar surface area (TPSA) is 99.8 Å². The van der Waals surface area contributed by atoms with Crippen LogP contribution >= 0.6 is 11.3 Å². The van der Waals surface area contributed by atoms with Gasteiger partial charge in [0.2, 0.25) is 0 Å². The van der Waals surface area contributed by atoms with E-state index in [0.717, 1.165) is 10.8 Å². The van der Waals surface area contributed by atoms with Crippen molar-refractivity contribution in [2.75, 3.05) is 32.8 Å². The smallest absolute Gasteiger partial charge is 0.305 e. The Labute approximate surface area is 177 Å². The van der Waals surface area contributed by atoms with E-state index in [2.05, 4.69) is 4.98 Å². The zero-order chi connectivity index (χ0) is 21.3. The second kappa shape index (κ2) is 8.21. The zero-order valence-electron chi connectivity index (χ0n) is 16.3. The van der Waals surface area contributed by atoms with Crippen LogP contribution in [-0.2, 0) is 14.8 Å². The number of nitrogens with zero attached hydrogens (tertiary/aromatic N) is 2. The number of ether oxygens (including phenoxy) is 1. The van der Waals surface area contributed by atoms with Gasteiger partial charge in [-0.3, -0.25) is 9.59 Å². The number of aromatic nitrogens is 1. The number of aromatic amines is 1. The first-order valence-electron chi connectivity index (χ1n) is 9.44. The van der Waals surface area contributed by atoms with Gasteiger partial charge in [0, 0.05) is 31.9 Å². The molecular weight excluding hydrogens is 426 g/mol. The first-order chi connectivity index (χ1) is 14.3. The van der Waals surface area contributed by atoms with Gasteiger partial charge in [-0.2, -0.15) is 4.31 Å². The van der Waals surface area contributed by atoms with Crippen LogP contribution in [0.1, 0.15) is 5.69 Å². The Bertz CT molecular complexity index is 1240. The summed E-state index contributed by atoms with van der Waals surface area (Å²) in [6, 6.07) is 13.5. The number of aryl methyl sites for hydroxylation is 1. The lowest BCUT2D eigenvalue weighted by Crippen LogP contribution is -2.51. The van der Waals surface area contributed by atoms with Crippen molar-refractivity contribution < 1.29 is 17.9 Å². The molecule has 10 heteroatoms. The van der Waals surface area contributed by atoms with E-state index in [1.165, 1.54) is 4.31 Å². The summed E-state index contributed by atoms with van der Waals surface area (Å²) in [7, 11) is -3.75. The van der Waals surface area contributed by atoms with Crippen LogP contribution in [0.25, 0.3) is 10.8 Å². The second-order valence-electron chi connectivity index (χ2n) is 7.01. The van der Waals surface area contributed by atoms with Crippen LogP contribution in [0.4, 0.5) is 0 Å². The maximum Gasteiger partial charge on any atom is 0.305 e. The Morgan fingerprint density at radius 2 is 1.80 bits per heavy atom. The molecule has 0 spiro atoms. The van der Waals surface area contributed by atoms with E-state index in [1.54, 1.807) is 11.8 Å². The van der Waals surface area contributed by atoms with Crippen molar-refractivity contribution in [3.05, 3.63) is 57.8 Å². The van der Waals surface area contributed by atoms with Gasteiger partial charge in [-0.1, -0.05) is 41.7 Å². The highest BCUT2D eigenvalue weighted by atomic mass is 32.2. The highest BCUT2D eigenvalue weighted by Gasteiger charge is 2.32. The molecule has 0 bridgehead atoms. The summed E-state index contributed by atoms with van der Waals surface area (Å²) in [6.07, 6.45) is 0. The number of hydrogen-bond acceptors (Lipinski definition) is 6. The van der Waals surface area contributed by atoms with Crippen LogP contribution in [-0.4, -0.2) is 61.3 Å². The van der Waals surface area contributed by atoms with E-state index in [-0.39, 0.29) is 42.9 Å². The average molecular weight is 448 g/mol. The molecule has 0 atom stereocenters. The third kappa shape index (κ3) is 4.11. The average Bonchev–Trinajstić information content (AvgIpc) is 3.10. The molecule has 1 aliphatic heterocycles. The fourth-order valence-electron chi connectivity index (χ4n) is 3.43. The van der Waals surface area contributed by atoms with Gasteiger partial charge in [-0.05, 0) is 29.8 Å². The minimum atomic E-state index is -3.75. The number of piperazine rings is 1. The summed E-state index contributed by atoms with van der Waals surface area (Å²) in [4.78, 5) is 27.7. The van der Waals surface area contributed by atoms with Crippen molar-refractivity contribution in [1.29, 1.82) is 0 Å². The lowest BCUT2D eigenvalue weighted by Gasteiger charge is -2.33. The van der Waals surface area contributed by atoms with Crippen molar-refractivity contribution in [1.82, 2.24) is 14.2 Å². The van der Waals surface area contributed by atoms with Crippen LogP contribution in [0.3, 0.4) is 0 Å². The molecule has 0 radical (unpaired) electrons. The number of thiazole rings is 1. The quantitative estimate of drug-likeness (QED) is 0.643. The first kappa shape index (κ1) is 20.6. The van der Waals surface area contributed by atoms with Gasteiger partial charge in [0.05, 0.1) is 0 Å². The first-order valence-corrected chi connectivity index (χ1v) is 11.7. The number of sulfonamides is 1. The van der Waals surface area contributed by atoms with Crippen molar-refractivity contribution in [3.63, 3.8) is 0 Å². The molecule has 2 heterocycles. The van der Waals surface area contributed by atoms with Gasteiger partial charge in [0.15, 0.2) is 10.8 Å². The van der Waals surface area contributed by atoms with E-state index in [4.69, 9.17) is 4.74 Å². The highest BCUT2D eigenvalue weighted by Crippen LogP contribution is 2.23. The minimum absolute atomic E-state index is 0.0342. The molecule has 1 fully saturated rings. The van der Waals surface area contributed by atoms with Gasteiger partial charge in [-0.25, -0.2) is 8.42 Å². The molecule has 1 N–H and O–H groups in total. The summed E-state index contributed by atoms with van der Waals surface area (Å²) in [5.74, 6) is 0.420. The van der Waals surface area contributed by atoms with Crippen LogP contribution in [0.5, 0.6) is 5.75 Å². The normalized spacial score (nSPS) is 15.4. The lowest BCUT2D eigenvalue weighted by atomic mass is 10.1. The molecule has 158 valence electrons. The fraction of sp³-hybridized carbons (Fsp3) is 0.300. The van der Waals surface area contributed by atoms with Gasteiger partial charge in [0.1, 0.15) is 5.75 Å². The number of hydrogen-bond donors (Lipinski definition) is 1. The molecule has 2 aromatic carbocycles. The molecule has 1 aliphatic rings. The summed E-state index contributed by atoms with van der Waals surface area (Å²) >= 11 is 0.687. The van der Waals surface area contributed by atoms with E-state index in [9.17, 15) is 18.0 Å². The Balaban J connectivity index is 1.35. The van der Waals surface area contributed by atoms with E-state index in [1.807, 2.05) is 42.5 Å². The summed E-state index contributed by atoms with van der Waals surface area (Å²) in [5.41, 5.74) is 0.340. The summed E-state index contributed by atoms with van der Waals surface area (Å²) in [6.45, 7) is 2.36. The monoisotopic (exact) mass is 447 g/mol. The maximum atomic E-state index is 12.8. The molecule has 1 amide bonds. The maximum absolute atomic E-state index is 12.8. The predicted octanol–water partition coefficient (Wildman–Crippen LogP) is 1.81. The largest absolute Gasteiger partial charge is 0.484 e. The van der Waals surface area contributed by atoms with E-state index in [0.29, 0.717) is 22.8 Å². The van der Waals surface area contributed by atoms with Gasteiger partial charge < -0.3 is 14.6 Å². The number of nitrogens with one attached hydrogen (secondary N) is 1. The number of rotatable bonds is 5. The summed E-state index contributed by atoms with van der Waals surface area (Å²) in [5, 5.41) is 2.12. The number of benzene rings is 2. The standard InChI is InChI=1S/C20H21N3O5S2/c1-14-19(29-20(25)21-14)30(26,27)23-10-8-22(9-11-23)18(24)13-28-17-7-6-15-4-2-3-5-16(15)12-17/h2-7,12H,8-11,13H2,1H3,(H,21,25). The number of fused-ring (bicyclic) bond motifs is 1. The molecule has 0 aliphatic carbocycles. The van der Waals surface area contributed by atoms with Crippen molar-refractivity contribution in [3.8, 4) is 5.75 Å². The molecular formula is C20H21N3O5S2. The third-order valence-electron chi connectivity index (χ3n) is 5.03. The lowest BCUT2D eigenvalue weighted by molar-refractivity contribution is -0.134. The third-order valence-corrected chi connectivity index (χ3v) is 8.51. The molecule has 0 saturated carbocycles. The SMILES string of the molecule is Cc1[nH]c(=O)sc1S(=O)(=O)N1CCN(C(=O)COc2ccc3ccccc3c2)CC1. The van der Waals surface area contributed by atoms with Crippen molar-refractivity contribution in [2.45, 2.75) is 11.1 Å². The number of amides is 1. The minimum Gasteiger partial charge on any atom is -0.484 e. The fourth-order valence-corrected chi connectivity index (χ4v) is 6.28. The van der Waals surface area contributed by atoms with Crippen LogP contribution < -0.4 is 9.61 Å². The van der Waals surface area contributed by atoms with Crippen LogP contribution in [0, 0.1) is 6.92 Å². The van der Waals surface area contributed by atoms with Crippen molar-refractivity contribution in [2.24, 2.45) is 0 Å². The van der Waals surface area contributed by atoms with Gasteiger partial charge >= 0.3 is 4.87 Å². The number of carbonyl (C=O) groups is 1. The molecule has 0 unspecified atom stereocenters. The predicted molar refractivity (Wildman–Crippen MR) is 114 cm³/mol. The Hall–Kier alpha value is -2.69. The number of H-pyrrole nitrogens is 1.